The van der Waals surface area contributed by atoms with E-state index in [0.29, 0.717) is 0 Å². The van der Waals surface area contributed by atoms with Crippen LogP contribution in [0.4, 0.5) is 0 Å². The normalized spacial score (nSPS) is 35.0. The van der Waals surface area contributed by atoms with Crippen molar-refractivity contribution in [1.82, 2.24) is 0 Å². The van der Waals surface area contributed by atoms with Gasteiger partial charge >= 0.3 is 0 Å². The van der Waals surface area contributed by atoms with Gasteiger partial charge in [0.05, 0.1) is 0 Å². The molecule has 1 fully saturated rings. The second-order valence-electron chi connectivity index (χ2n) is 4.42. The van der Waals surface area contributed by atoms with Crippen molar-refractivity contribution in [3.8, 4) is 0 Å². The summed E-state index contributed by atoms with van der Waals surface area (Å²) in [6, 6.07) is 0. The highest BCUT2D eigenvalue weighted by Crippen LogP contribution is 2.38. The Kier molecular flexibility index (Phi) is 4.09. The SMILES string of the molecule is CCC(C)C(C)C1CCC(Br)C1. The van der Waals surface area contributed by atoms with Gasteiger partial charge in [-0.1, -0.05) is 43.1 Å². The Morgan fingerprint density at radius 3 is 2.42 bits per heavy atom. The zero-order chi connectivity index (χ0) is 9.14. The summed E-state index contributed by atoms with van der Waals surface area (Å²) in [7, 11) is 0. The van der Waals surface area contributed by atoms with E-state index in [2.05, 4.69) is 36.7 Å². The van der Waals surface area contributed by atoms with E-state index in [-0.39, 0.29) is 0 Å². The van der Waals surface area contributed by atoms with Gasteiger partial charge in [-0.3, -0.25) is 0 Å². The molecule has 0 amide bonds. The predicted octanol–water partition coefficient (Wildman–Crippen LogP) is 4.23. The molecule has 1 rings (SSSR count). The van der Waals surface area contributed by atoms with Crippen LogP contribution in [-0.4, -0.2) is 4.83 Å². The highest BCUT2D eigenvalue weighted by molar-refractivity contribution is 9.09. The van der Waals surface area contributed by atoms with Crippen molar-refractivity contribution in [1.29, 1.82) is 0 Å². The van der Waals surface area contributed by atoms with E-state index in [1.807, 2.05) is 0 Å². The number of rotatable bonds is 3. The highest BCUT2D eigenvalue weighted by Gasteiger charge is 2.29. The molecule has 0 bridgehead atoms. The van der Waals surface area contributed by atoms with Crippen molar-refractivity contribution in [2.45, 2.75) is 51.3 Å². The Hall–Kier alpha value is 0.480. The van der Waals surface area contributed by atoms with Gasteiger partial charge in [-0.05, 0) is 37.0 Å². The molecule has 0 aromatic heterocycles. The van der Waals surface area contributed by atoms with Crippen LogP contribution in [0.3, 0.4) is 0 Å². The molecular weight excluding hydrogens is 212 g/mol. The minimum Gasteiger partial charge on any atom is -0.0891 e. The molecule has 0 N–H and O–H groups in total. The number of hydrogen-bond acceptors (Lipinski definition) is 0. The van der Waals surface area contributed by atoms with Crippen molar-refractivity contribution in [3.63, 3.8) is 0 Å². The second kappa shape index (κ2) is 4.64. The Morgan fingerprint density at radius 2 is 2.00 bits per heavy atom. The Balaban J connectivity index is 2.37. The van der Waals surface area contributed by atoms with Crippen LogP contribution < -0.4 is 0 Å². The van der Waals surface area contributed by atoms with Gasteiger partial charge in [0.15, 0.2) is 0 Å². The van der Waals surface area contributed by atoms with Crippen molar-refractivity contribution in [2.75, 3.05) is 0 Å². The summed E-state index contributed by atoms with van der Waals surface area (Å²) in [6.07, 6.45) is 5.59. The molecule has 1 heteroatoms. The molecule has 0 heterocycles. The first-order valence-corrected chi connectivity index (χ1v) is 6.20. The van der Waals surface area contributed by atoms with Gasteiger partial charge in [-0.25, -0.2) is 0 Å². The lowest BCUT2D eigenvalue weighted by atomic mass is 9.82. The summed E-state index contributed by atoms with van der Waals surface area (Å²) in [4.78, 5) is 0.814. The van der Waals surface area contributed by atoms with Crippen molar-refractivity contribution < 1.29 is 0 Å². The smallest absolute Gasteiger partial charge is 0.0148 e. The third-order valence-electron chi connectivity index (χ3n) is 3.69. The van der Waals surface area contributed by atoms with E-state index in [0.717, 1.165) is 22.6 Å². The van der Waals surface area contributed by atoms with Crippen LogP contribution in [0.2, 0.25) is 0 Å². The average Bonchev–Trinajstić information content (AvgIpc) is 2.49. The summed E-state index contributed by atoms with van der Waals surface area (Å²) in [5, 5.41) is 0. The van der Waals surface area contributed by atoms with E-state index in [1.54, 1.807) is 0 Å². The van der Waals surface area contributed by atoms with Gasteiger partial charge in [0.25, 0.3) is 0 Å². The average molecular weight is 233 g/mol. The van der Waals surface area contributed by atoms with Crippen LogP contribution >= 0.6 is 15.9 Å². The highest BCUT2D eigenvalue weighted by atomic mass is 79.9. The topological polar surface area (TPSA) is 0 Å². The van der Waals surface area contributed by atoms with Crippen LogP contribution in [0.15, 0.2) is 0 Å². The largest absolute Gasteiger partial charge is 0.0891 e. The fourth-order valence-corrected chi connectivity index (χ4v) is 3.02. The minimum absolute atomic E-state index is 0.814. The van der Waals surface area contributed by atoms with Gasteiger partial charge in [0.1, 0.15) is 0 Å². The monoisotopic (exact) mass is 232 g/mol. The van der Waals surface area contributed by atoms with Crippen LogP contribution in [0.25, 0.3) is 0 Å². The Morgan fingerprint density at radius 1 is 1.33 bits per heavy atom. The Bertz CT molecular complexity index is 133. The molecule has 0 aromatic rings. The van der Waals surface area contributed by atoms with Gasteiger partial charge < -0.3 is 0 Å². The summed E-state index contributed by atoms with van der Waals surface area (Å²) in [5.41, 5.74) is 0. The molecule has 72 valence electrons. The first kappa shape index (κ1) is 10.6. The zero-order valence-electron chi connectivity index (χ0n) is 8.52. The molecule has 0 radical (unpaired) electrons. The van der Waals surface area contributed by atoms with E-state index in [4.69, 9.17) is 0 Å². The summed E-state index contributed by atoms with van der Waals surface area (Å²) in [5.74, 6) is 2.83. The summed E-state index contributed by atoms with van der Waals surface area (Å²) in [6.45, 7) is 7.14. The molecule has 0 nitrogen and oxygen atoms in total. The molecule has 0 spiro atoms. The first-order chi connectivity index (χ1) is 5.65. The number of alkyl halides is 1. The minimum atomic E-state index is 0.814. The third-order valence-corrected chi connectivity index (χ3v) is 4.53. The molecule has 1 saturated carbocycles. The first-order valence-electron chi connectivity index (χ1n) is 5.29. The number of halogens is 1. The van der Waals surface area contributed by atoms with Gasteiger partial charge in [0, 0.05) is 4.83 Å². The molecular formula is C11H21Br. The molecule has 4 atom stereocenters. The molecule has 12 heavy (non-hydrogen) atoms. The fraction of sp³-hybridized carbons (Fsp3) is 1.00. The lowest BCUT2D eigenvalue weighted by Crippen LogP contribution is -2.16. The lowest BCUT2D eigenvalue weighted by molar-refractivity contribution is 0.260. The molecule has 1 aliphatic carbocycles. The van der Waals surface area contributed by atoms with Crippen molar-refractivity contribution >= 4 is 15.9 Å². The number of hydrogen-bond donors (Lipinski definition) is 0. The van der Waals surface area contributed by atoms with E-state index in [9.17, 15) is 0 Å². The van der Waals surface area contributed by atoms with Crippen LogP contribution in [0.5, 0.6) is 0 Å². The maximum atomic E-state index is 3.72. The van der Waals surface area contributed by atoms with E-state index < -0.39 is 0 Å². The molecule has 1 aliphatic rings. The fourth-order valence-electron chi connectivity index (χ4n) is 2.27. The van der Waals surface area contributed by atoms with Gasteiger partial charge in [-0.2, -0.15) is 0 Å². The Labute approximate surface area is 85.3 Å². The molecule has 0 saturated heterocycles. The predicted molar refractivity (Wildman–Crippen MR) is 58.7 cm³/mol. The standard InChI is InChI=1S/C11H21Br/c1-4-8(2)9(3)10-5-6-11(12)7-10/h8-11H,4-7H2,1-3H3. The van der Waals surface area contributed by atoms with Crippen LogP contribution in [0, 0.1) is 17.8 Å². The summed E-state index contributed by atoms with van der Waals surface area (Å²) >= 11 is 3.72. The molecule has 4 unspecified atom stereocenters. The van der Waals surface area contributed by atoms with E-state index in [1.165, 1.54) is 25.7 Å². The van der Waals surface area contributed by atoms with E-state index >= 15 is 0 Å². The quantitative estimate of drug-likeness (QED) is 0.640. The van der Waals surface area contributed by atoms with Gasteiger partial charge in [-0.15, -0.1) is 0 Å². The van der Waals surface area contributed by atoms with Crippen LogP contribution in [0.1, 0.15) is 46.5 Å². The van der Waals surface area contributed by atoms with Crippen LogP contribution in [-0.2, 0) is 0 Å². The lowest BCUT2D eigenvalue weighted by Gasteiger charge is -2.24. The maximum absolute atomic E-state index is 3.72. The third kappa shape index (κ3) is 2.48. The molecule has 0 aromatic carbocycles. The summed E-state index contributed by atoms with van der Waals surface area (Å²) < 4.78 is 0. The second-order valence-corrected chi connectivity index (χ2v) is 5.71. The maximum Gasteiger partial charge on any atom is 0.0148 e. The van der Waals surface area contributed by atoms with Crippen molar-refractivity contribution in [2.24, 2.45) is 17.8 Å². The molecule has 0 aliphatic heterocycles. The van der Waals surface area contributed by atoms with Gasteiger partial charge in [0.2, 0.25) is 0 Å². The zero-order valence-corrected chi connectivity index (χ0v) is 10.1. The van der Waals surface area contributed by atoms with Crippen molar-refractivity contribution in [3.05, 3.63) is 0 Å².